The van der Waals surface area contributed by atoms with Crippen molar-refractivity contribution in [3.05, 3.63) is 58.5 Å². The molecule has 0 saturated carbocycles. The van der Waals surface area contributed by atoms with Gasteiger partial charge >= 0.3 is 0 Å². The summed E-state index contributed by atoms with van der Waals surface area (Å²) in [5, 5.41) is 0. The van der Waals surface area contributed by atoms with Gasteiger partial charge in [-0.15, -0.1) is 0 Å². The van der Waals surface area contributed by atoms with E-state index in [9.17, 15) is 19.2 Å². The molecule has 3 aliphatic rings. The fourth-order valence-electron chi connectivity index (χ4n) is 5.47. The van der Waals surface area contributed by atoms with Crippen LogP contribution in [0.15, 0.2) is 47.4 Å². The Hall–Kier alpha value is -3.42. The van der Waals surface area contributed by atoms with Crippen molar-refractivity contribution in [2.75, 3.05) is 7.11 Å². The first-order chi connectivity index (χ1) is 15.5. The van der Waals surface area contributed by atoms with Crippen LogP contribution in [-0.4, -0.2) is 57.3 Å². The molecule has 0 N–H and O–H groups in total. The van der Waals surface area contributed by atoms with Gasteiger partial charge < -0.3 is 9.64 Å². The van der Waals surface area contributed by atoms with E-state index in [-0.39, 0.29) is 60.0 Å². The molecule has 3 fully saturated rings. The molecule has 5 rings (SSSR count). The van der Waals surface area contributed by atoms with E-state index in [2.05, 4.69) is 0 Å². The second-order valence-corrected chi connectivity index (χ2v) is 8.68. The van der Waals surface area contributed by atoms with E-state index in [0.29, 0.717) is 24.1 Å². The first kappa shape index (κ1) is 20.5. The van der Waals surface area contributed by atoms with Gasteiger partial charge in [-0.1, -0.05) is 18.2 Å². The third kappa shape index (κ3) is 3.30. The van der Waals surface area contributed by atoms with Gasteiger partial charge in [-0.3, -0.25) is 28.6 Å². The standard InChI is InChI=1S/C24H25N3O5/c1-32-20-13-23(30)25(15-5-3-2-4-6-15)14-19(20)24(31)26-16-7-8-17(26)12-18(11-16)27-21(28)9-10-22(27)29/h2-6,13-14,16-18H,7-12H2,1H3. The Bertz CT molecular complexity index is 1110. The summed E-state index contributed by atoms with van der Waals surface area (Å²) in [5.41, 5.74) is 0.721. The van der Waals surface area contributed by atoms with Crippen LogP contribution in [0.2, 0.25) is 0 Å². The van der Waals surface area contributed by atoms with E-state index in [4.69, 9.17) is 4.74 Å². The fourth-order valence-corrected chi connectivity index (χ4v) is 5.47. The molecular weight excluding hydrogens is 410 g/mol. The highest BCUT2D eigenvalue weighted by Gasteiger charge is 2.48. The molecule has 2 unspecified atom stereocenters. The van der Waals surface area contributed by atoms with Crippen molar-refractivity contribution in [2.45, 2.75) is 56.7 Å². The van der Waals surface area contributed by atoms with Gasteiger partial charge in [0.2, 0.25) is 11.8 Å². The normalized spacial score (nSPS) is 24.8. The maximum Gasteiger partial charge on any atom is 0.259 e. The number of para-hydroxylation sites is 1. The molecule has 2 aromatic rings. The van der Waals surface area contributed by atoms with E-state index in [1.54, 1.807) is 18.3 Å². The number of carbonyl (C=O) groups excluding carboxylic acids is 3. The number of hydrogen-bond donors (Lipinski definition) is 0. The number of amides is 3. The average molecular weight is 435 g/mol. The minimum absolute atomic E-state index is 0.0470. The molecule has 1 aromatic heterocycles. The summed E-state index contributed by atoms with van der Waals surface area (Å²) < 4.78 is 6.84. The molecule has 3 saturated heterocycles. The number of nitrogens with zero attached hydrogens (tertiary/aromatic N) is 3. The number of pyridine rings is 1. The monoisotopic (exact) mass is 435 g/mol. The highest BCUT2D eigenvalue weighted by molar-refractivity contribution is 6.02. The molecule has 166 valence electrons. The van der Waals surface area contributed by atoms with Crippen molar-refractivity contribution in [1.29, 1.82) is 0 Å². The number of fused-ring (bicyclic) bond motifs is 2. The predicted molar refractivity (Wildman–Crippen MR) is 116 cm³/mol. The Morgan fingerprint density at radius 3 is 2.16 bits per heavy atom. The molecule has 3 aliphatic heterocycles. The maximum atomic E-state index is 13.7. The first-order valence-corrected chi connectivity index (χ1v) is 11.0. The van der Waals surface area contributed by atoms with Crippen molar-refractivity contribution < 1.29 is 19.1 Å². The highest BCUT2D eigenvalue weighted by atomic mass is 16.5. The average Bonchev–Trinajstić information content (AvgIpc) is 3.28. The molecule has 2 bridgehead atoms. The van der Waals surface area contributed by atoms with Crippen molar-refractivity contribution in [3.8, 4) is 11.4 Å². The molecule has 1 aromatic carbocycles. The van der Waals surface area contributed by atoms with Crippen LogP contribution in [0, 0.1) is 0 Å². The van der Waals surface area contributed by atoms with Gasteiger partial charge in [0.15, 0.2) is 0 Å². The minimum Gasteiger partial charge on any atom is -0.496 e. The van der Waals surface area contributed by atoms with Crippen LogP contribution in [0.3, 0.4) is 0 Å². The van der Waals surface area contributed by atoms with Crippen molar-refractivity contribution in [2.24, 2.45) is 0 Å². The maximum absolute atomic E-state index is 13.7. The van der Waals surface area contributed by atoms with Crippen LogP contribution in [0.25, 0.3) is 5.69 Å². The summed E-state index contributed by atoms with van der Waals surface area (Å²) in [6, 6.07) is 10.3. The number of hydrogen-bond acceptors (Lipinski definition) is 5. The third-order valence-corrected chi connectivity index (χ3v) is 6.90. The van der Waals surface area contributed by atoms with E-state index >= 15 is 0 Å². The molecule has 0 radical (unpaired) electrons. The highest BCUT2D eigenvalue weighted by Crippen LogP contribution is 2.40. The Labute approximate surface area is 185 Å². The number of carbonyl (C=O) groups is 3. The van der Waals surface area contributed by atoms with E-state index < -0.39 is 0 Å². The number of methoxy groups -OCH3 is 1. The summed E-state index contributed by atoms with van der Waals surface area (Å²) >= 11 is 0. The number of rotatable bonds is 4. The molecular formula is C24H25N3O5. The molecule has 3 amide bonds. The fraction of sp³-hybridized carbons (Fsp3) is 0.417. The Morgan fingerprint density at radius 1 is 0.938 bits per heavy atom. The number of likely N-dealkylation sites (tertiary alicyclic amines) is 1. The van der Waals surface area contributed by atoms with E-state index in [1.807, 2.05) is 23.1 Å². The van der Waals surface area contributed by atoms with Gasteiger partial charge in [0.1, 0.15) is 5.75 Å². The lowest BCUT2D eigenvalue weighted by atomic mass is 9.95. The van der Waals surface area contributed by atoms with Crippen LogP contribution in [0.4, 0.5) is 0 Å². The van der Waals surface area contributed by atoms with Gasteiger partial charge in [-0.05, 0) is 37.8 Å². The quantitative estimate of drug-likeness (QED) is 0.687. The van der Waals surface area contributed by atoms with Crippen LogP contribution < -0.4 is 10.3 Å². The van der Waals surface area contributed by atoms with Crippen LogP contribution in [0.1, 0.15) is 48.9 Å². The van der Waals surface area contributed by atoms with E-state index in [0.717, 1.165) is 12.8 Å². The number of piperidine rings is 1. The second kappa shape index (κ2) is 7.93. The van der Waals surface area contributed by atoms with Crippen molar-refractivity contribution >= 4 is 17.7 Å². The van der Waals surface area contributed by atoms with E-state index in [1.165, 1.54) is 22.6 Å². The SMILES string of the molecule is COc1cc(=O)n(-c2ccccc2)cc1C(=O)N1C2CCC1CC(N1C(=O)CCC1=O)C2. The number of imide groups is 1. The van der Waals surface area contributed by atoms with Gasteiger partial charge in [0.25, 0.3) is 11.5 Å². The molecule has 4 heterocycles. The Balaban J connectivity index is 1.46. The zero-order valence-electron chi connectivity index (χ0n) is 17.9. The molecule has 8 nitrogen and oxygen atoms in total. The lowest BCUT2D eigenvalue weighted by Gasteiger charge is -2.41. The zero-order valence-corrected chi connectivity index (χ0v) is 17.9. The van der Waals surface area contributed by atoms with Crippen molar-refractivity contribution in [3.63, 3.8) is 0 Å². The number of benzene rings is 1. The summed E-state index contributed by atoms with van der Waals surface area (Å²) in [7, 11) is 1.45. The summed E-state index contributed by atoms with van der Waals surface area (Å²) in [4.78, 5) is 54.1. The Kier molecular flexibility index (Phi) is 5.07. The Morgan fingerprint density at radius 2 is 1.56 bits per heavy atom. The van der Waals surface area contributed by atoms with Crippen molar-refractivity contribution in [1.82, 2.24) is 14.4 Å². The summed E-state index contributed by atoms with van der Waals surface area (Å²) in [6.45, 7) is 0. The van der Waals surface area contributed by atoms with Gasteiger partial charge in [0.05, 0.1) is 12.7 Å². The summed E-state index contributed by atoms with van der Waals surface area (Å²) in [5.74, 6) is -0.137. The second-order valence-electron chi connectivity index (χ2n) is 8.68. The summed E-state index contributed by atoms with van der Waals surface area (Å²) in [6.07, 6.45) is 4.99. The molecule has 8 heteroatoms. The number of ether oxygens (including phenoxy) is 1. The molecule has 0 spiro atoms. The first-order valence-electron chi connectivity index (χ1n) is 11.0. The predicted octanol–water partition coefficient (Wildman–Crippen LogP) is 2.13. The lowest BCUT2D eigenvalue weighted by molar-refractivity contribution is -0.142. The molecule has 2 atom stereocenters. The van der Waals surface area contributed by atoms with Crippen LogP contribution >= 0.6 is 0 Å². The third-order valence-electron chi connectivity index (χ3n) is 6.90. The number of aromatic nitrogens is 1. The van der Waals surface area contributed by atoms with Crippen LogP contribution in [-0.2, 0) is 9.59 Å². The lowest BCUT2D eigenvalue weighted by Crippen LogP contribution is -2.53. The largest absolute Gasteiger partial charge is 0.496 e. The zero-order chi connectivity index (χ0) is 22.4. The minimum atomic E-state index is -0.280. The topological polar surface area (TPSA) is 88.9 Å². The molecule has 32 heavy (non-hydrogen) atoms. The van der Waals surface area contributed by atoms with Gasteiger partial charge in [-0.2, -0.15) is 0 Å². The van der Waals surface area contributed by atoms with Crippen LogP contribution in [0.5, 0.6) is 5.75 Å². The van der Waals surface area contributed by atoms with Gasteiger partial charge in [0, 0.05) is 48.9 Å². The molecule has 0 aliphatic carbocycles. The van der Waals surface area contributed by atoms with Gasteiger partial charge in [-0.25, -0.2) is 0 Å². The smallest absolute Gasteiger partial charge is 0.259 e.